The van der Waals surface area contributed by atoms with Gasteiger partial charge in [0.1, 0.15) is 0 Å². The summed E-state index contributed by atoms with van der Waals surface area (Å²) in [6.45, 7) is 0. The lowest BCUT2D eigenvalue weighted by atomic mass is 10.3. The largest absolute Gasteiger partial charge is 0.504 e. The molecule has 0 saturated carbocycles. The first-order valence-electron chi connectivity index (χ1n) is 3.47. The van der Waals surface area contributed by atoms with Crippen LogP contribution in [0.4, 0.5) is 0 Å². The van der Waals surface area contributed by atoms with E-state index in [9.17, 15) is 25.3 Å². The van der Waals surface area contributed by atoms with Crippen LogP contribution in [0.15, 0.2) is 18.2 Å². The Hall–Kier alpha value is -2.58. The fourth-order valence-electron chi connectivity index (χ4n) is 0.810. The third-order valence-corrected chi connectivity index (χ3v) is 1.31. The van der Waals surface area contributed by atoms with Crippen molar-refractivity contribution in [3.8, 4) is 17.2 Å². The monoisotopic (exact) mass is 216 g/mol. The van der Waals surface area contributed by atoms with E-state index in [1.54, 1.807) is 0 Å². The highest BCUT2D eigenvalue weighted by atomic mass is 17.0. The Bertz CT molecular complexity index is 370. The standard InChI is InChI=1S/C6H4N2O7/c9-6-4(14-7(10)11)2-1-3-5(6)15-8(12)13/h1-3,9H. The van der Waals surface area contributed by atoms with Crippen LogP contribution in [-0.2, 0) is 0 Å². The summed E-state index contributed by atoms with van der Waals surface area (Å²) in [5.41, 5.74) is 0. The van der Waals surface area contributed by atoms with Gasteiger partial charge in [-0.2, -0.15) is 0 Å². The molecule has 9 nitrogen and oxygen atoms in total. The molecule has 0 amide bonds. The van der Waals surface area contributed by atoms with E-state index in [1.165, 1.54) is 6.07 Å². The molecule has 0 aliphatic heterocycles. The van der Waals surface area contributed by atoms with E-state index in [0.717, 1.165) is 12.1 Å². The minimum atomic E-state index is -1.16. The minimum absolute atomic E-state index is 0.542. The van der Waals surface area contributed by atoms with Crippen molar-refractivity contribution in [2.75, 3.05) is 0 Å². The van der Waals surface area contributed by atoms with Crippen molar-refractivity contribution >= 4 is 0 Å². The van der Waals surface area contributed by atoms with Crippen LogP contribution in [-0.4, -0.2) is 15.3 Å². The van der Waals surface area contributed by atoms with E-state index in [2.05, 4.69) is 9.68 Å². The third-order valence-electron chi connectivity index (χ3n) is 1.31. The van der Waals surface area contributed by atoms with E-state index in [1.807, 2.05) is 0 Å². The Kier molecular flexibility index (Phi) is 2.86. The smallest absolute Gasteiger partial charge is 0.299 e. The molecule has 15 heavy (non-hydrogen) atoms. The van der Waals surface area contributed by atoms with E-state index in [0.29, 0.717) is 0 Å². The zero-order valence-electron chi connectivity index (χ0n) is 7.02. The summed E-state index contributed by atoms with van der Waals surface area (Å²) in [4.78, 5) is 27.8. The summed E-state index contributed by atoms with van der Waals surface area (Å²) >= 11 is 0. The molecular formula is C6H4N2O7. The first-order valence-corrected chi connectivity index (χ1v) is 3.47. The molecule has 0 fully saturated rings. The lowest BCUT2D eigenvalue weighted by molar-refractivity contribution is -0.713. The van der Waals surface area contributed by atoms with Crippen LogP contribution < -0.4 is 9.68 Å². The van der Waals surface area contributed by atoms with Crippen molar-refractivity contribution in [3.63, 3.8) is 0 Å². The summed E-state index contributed by atoms with van der Waals surface area (Å²) in [5.74, 6) is -1.90. The third kappa shape index (κ3) is 2.69. The minimum Gasteiger partial charge on any atom is -0.504 e. The normalized spacial score (nSPS) is 9.33. The molecule has 0 aliphatic carbocycles. The SMILES string of the molecule is O=[N+]([O-])Oc1cccc(O[N+](=O)[O-])c1O. The quantitative estimate of drug-likeness (QED) is 0.574. The van der Waals surface area contributed by atoms with E-state index >= 15 is 0 Å². The second kappa shape index (κ2) is 4.09. The predicted molar refractivity (Wildman–Crippen MR) is 43.4 cm³/mol. The van der Waals surface area contributed by atoms with Gasteiger partial charge in [0.15, 0.2) is 17.2 Å². The van der Waals surface area contributed by atoms with Crippen molar-refractivity contribution in [2.45, 2.75) is 0 Å². The predicted octanol–water partition coefficient (Wildman–Crippen LogP) is 0.533. The summed E-state index contributed by atoms with van der Waals surface area (Å²) in [5, 5.41) is 26.8. The average molecular weight is 216 g/mol. The molecule has 0 unspecified atom stereocenters. The average Bonchev–Trinajstić information content (AvgIpc) is 2.10. The highest BCUT2D eigenvalue weighted by Crippen LogP contribution is 2.35. The molecule has 1 aromatic rings. The second-order valence-corrected chi connectivity index (χ2v) is 2.23. The maximum Gasteiger partial charge on any atom is 0.299 e. The molecular weight excluding hydrogens is 212 g/mol. The van der Waals surface area contributed by atoms with Crippen LogP contribution in [0.1, 0.15) is 0 Å². The number of phenols is 1. The van der Waals surface area contributed by atoms with Crippen LogP contribution in [0, 0.1) is 20.2 Å². The van der Waals surface area contributed by atoms with Gasteiger partial charge in [-0.05, 0) is 12.1 Å². The van der Waals surface area contributed by atoms with Crippen molar-refractivity contribution < 1.29 is 25.0 Å². The number of phenolic OH excluding ortho intramolecular Hbond substituents is 1. The van der Waals surface area contributed by atoms with E-state index in [-0.39, 0.29) is 0 Å². The van der Waals surface area contributed by atoms with Gasteiger partial charge in [0.25, 0.3) is 10.2 Å². The van der Waals surface area contributed by atoms with Gasteiger partial charge in [-0.15, -0.1) is 20.2 Å². The zero-order valence-corrected chi connectivity index (χ0v) is 7.02. The molecule has 1 rings (SSSR count). The van der Waals surface area contributed by atoms with Gasteiger partial charge in [0, 0.05) is 0 Å². The van der Waals surface area contributed by atoms with E-state index < -0.39 is 27.4 Å². The summed E-state index contributed by atoms with van der Waals surface area (Å²) in [7, 11) is 0. The highest BCUT2D eigenvalue weighted by molar-refractivity contribution is 5.49. The molecule has 0 spiro atoms. The number of benzene rings is 1. The number of nitrogens with zero attached hydrogens (tertiary/aromatic N) is 2. The first-order chi connectivity index (χ1) is 7.00. The molecule has 0 aliphatic rings. The molecule has 0 bridgehead atoms. The molecule has 1 N–H and O–H groups in total. The Labute approximate surface area is 81.7 Å². The Morgan fingerprint density at radius 1 is 1.07 bits per heavy atom. The number of para-hydroxylation sites is 1. The van der Waals surface area contributed by atoms with Gasteiger partial charge in [-0.3, -0.25) is 9.68 Å². The van der Waals surface area contributed by atoms with Crippen LogP contribution in [0.3, 0.4) is 0 Å². The van der Waals surface area contributed by atoms with Crippen LogP contribution >= 0.6 is 0 Å². The summed E-state index contributed by atoms with van der Waals surface area (Å²) < 4.78 is 0. The topological polar surface area (TPSA) is 125 Å². The number of hydrogen-bond acceptors (Lipinski definition) is 7. The van der Waals surface area contributed by atoms with Gasteiger partial charge < -0.3 is 5.11 Å². The summed E-state index contributed by atoms with van der Waals surface area (Å²) in [6, 6.07) is 3.31. The molecule has 0 aromatic heterocycles. The van der Waals surface area contributed by atoms with Gasteiger partial charge >= 0.3 is 0 Å². The number of aromatic hydroxyl groups is 1. The molecule has 9 heteroatoms. The molecule has 80 valence electrons. The number of hydrogen-bond donors (Lipinski definition) is 1. The zero-order chi connectivity index (χ0) is 11.4. The molecule has 1 aromatic carbocycles. The molecule has 0 saturated heterocycles. The van der Waals surface area contributed by atoms with Crippen LogP contribution in [0.5, 0.6) is 17.2 Å². The maximum absolute atomic E-state index is 9.95. The van der Waals surface area contributed by atoms with Crippen molar-refractivity contribution in [3.05, 3.63) is 38.4 Å². The van der Waals surface area contributed by atoms with Crippen LogP contribution in [0.2, 0.25) is 0 Å². The molecule has 0 atom stereocenters. The maximum atomic E-state index is 9.95. The lowest BCUT2D eigenvalue weighted by Gasteiger charge is -2.05. The van der Waals surface area contributed by atoms with Crippen molar-refractivity contribution in [2.24, 2.45) is 0 Å². The van der Waals surface area contributed by atoms with Gasteiger partial charge in [0.05, 0.1) is 0 Å². The Morgan fingerprint density at radius 2 is 1.47 bits per heavy atom. The molecule has 0 radical (unpaired) electrons. The Morgan fingerprint density at radius 3 is 1.80 bits per heavy atom. The summed E-state index contributed by atoms with van der Waals surface area (Å²) in [6.07, 6.45) is 0. The van der Waals surface area contributed by atoms with Gasteiger partial charge in [-0.25, -0.2) is 0 Å². The fourth-order valence-corrected chi connectivity index (χ4v) is 0.810. The van der Waals surface area contributed by atoms with Gasteiger partial charge in [0.2, 0.25) is 0 Å². The van der Waals surface area contributed by atoms with Crippen LogP contribution in [0.25, 0.3) is 0 Å². The van der Waals surface area contributed by atoms with Crippen molar-refractivity contribution in [1.29, 1.82) is 0 Å². The first kappa shape index (κ1) is 10.5. The Balaban J connectivity index is 2.99. The van der Waals surface area contributed by atoms with E-state index in [4.69, 9.17) is 0 Å². The lowest BCUT2D eigenvalue weighted by Crippen LogP contribution is -2.06. The molecule has 0 heterocycles. The van der Waals surface area contributed by atoms with Crippen molar-refractivity contribution in [1.82, 2.24) is 0 Å². The highest BCUT2D eigenvalue weighted by Gasteiger charge is 2.13. The second-order valence-electron chi connectivity index (χ2n) is 2.23. The fraction of sp³-hybridized carbons (Fsp3) is 0. The van der Waals surface area contributed by atoms with Gasteiger partial charge in [-0.1, -0.05) is 6.07 Å². The number of rotatable bonds is 4.